The van der Waals surface area contributed by atoms with Crippen LogP contribution in [0.1, 0.15) is 18.4 Å². The van der Waals surface area contributed by atoms with Crippen molar-refractivity contribution in [3.8, 4) is 0 Å². The molecule has 0 spiro atoms. The molecule has 2 aromatic rings. The predicted octanol–water partition coefficient (Wildman–Crippen LogP) is 1.70. The summed E-state index contributed by atoms with van der Waals surface area (Å²) in [5.41, 5.74) is 1.06. The first-order valence-corrected chi connectivity index (χ1v) is 9.21. The average Bonchev–Trinajstić information content (AvgIpc) is 3.15. The Morgan fingerprint density at radius 2 is 2.00 bits per heavy atom. The van der Waals surface area contributed by atoms with E-state index >= 15 is 0 Å². The Kier molecular flexibility index (Phi) is 5.84. The van der Waals surface area contributed by atoms with E-state index in [4.69, 9.17) is 0 Å². The van der Waals surface area contributed by atoms with Gasteiger partial charge in [-0.15, -0.1) is 5.10 Å². The van der Waals surface area contributed by atoms with Gasteiger partial charge in [0.2, 0.25) is 17.8 Å². The van der Waals surface area contributed by atoms with Crippen molar-refractivity contribution in [1.82, 2.24) is 24.6 Å². The molecule has 1 aliphatic heterocycles. The molecule has 0 aliphatic carbocycles. The molecule has 0 radical (unpaired) electrons. The molecule has 1 fully saturated rings. The number of hydrogen-bond acceptors (Lipinski definition) is 5. The second-order valence-electron chi connectivity index (χ2n) is 6.23. The molecule has 10 heteroatoms. The summed E-state index contributed by atoms with van der Waals surface area (Å²) in [4.78, 5) is 42.0. The third-order valence-corrected chi connectivity index (χ3v) is 4.59. The van der Waals surface area contributed by atoms with Gasteiger partial charge < -0.3 is 4.90 Å². The largest absolute Gasteiger partial charge is 0.326 e. The van der Waals surface area contributed by atoms with Crippen LogP contribution in [0.25, 0.3) is 0 Å². The average molecular weight is 435 g/mol. The summed E-state index contributed by atoms with van der Waals surface area (Å²) in [6.07, 6.45) is 2.10. The summed E-state index contributed by atoms with van der Waals surface area (Å²) in [7, 11) is 1.57. The third-order valence-electron chi connectivity index (χ3n) is 4.06. The van der Waals surface area contributed by atoms with Crippen LogP contribution in [0, 0.1) is 0 Å². The van der Waals surface area contributed by atoms with E-state index in [0.717, 1.165) is 10.0 Å². The number of anilines is 1. The highest BCUT2D eigenvalue weighted by atomic mass is 79.9. The van der Waals surface area contributed by atoms with Crippen molar-refractivity contribution in [2.24, 2.45) is 0 Å². The van der Waals surface area contributed by atoms with Gasteiger partial charge >= 0.3 is 6.03 Å². The lowest BCUT2D eigenvalue weighted by atomic mass is 10.2. The van der Waals surface area contributed by atoms with Gasteiger partial charge in [-0.25, -0.2) is 14.5 Å². The van der Waals surface area contributed by atoms with Gasteiger partial charge in [-0.1, -0.05) is 28.1 Å². The number of urea groups is 1. The van der Waals surface area contributed by atoms with Crippen LogP contribution in [0.15, 0.2) is 35.1 Å². The van der Waals surface area contributed by atoms with Crippen molar-refractivity contribution in [2.75, 3.05) is 25.5 Å². The van der Waals surface area contributed by atoms with Crippen LogP contribution < -0.4 is 5.32 Å². The number of hydrogen-bond donors (Lipinski definition) is 1. The standard InChI is InChI=1S/C17H19BrN6O3/c1-22-10-15(26)24(17(22)27)8-2-3-14(25)20-16-19-11-23(21-16)9-12-4-6-13(18)7-5-12/h4-7,11H,2-3,8-10H2,1H3,(H,20,21,25). The Morgan fingerprint density at radius 3 is 2.67 bits per heavy atom. The summed E-state index contributed by atoms with van der Waals surface area (Å²) in [6, 6.07) is 7.52. The van der Waals surface area contributed by atoms with Crippen molar-refractivity contribution < 1.29 is 14.4 Å². The molecule has 0 bridgehead atoms. The SMILES string of the molecule is CN1CC(=O)N(CCCC(=O)Nc2ncn(Cc3ccc(Br)cc3)n2)C1=O. The van der Waals surface area contributed by atoms with Crippen LogP contribution in [0.2, 0.25) is 0 Å². The van der Waals surface area contributed by atoms with Crippen LogP contribution in [-0.4, -0.2) is 62.5 Å². The highest BCUT2D eigenvalue weighted by Gasteiger charge is 2.32. The second-order valence-corrected chi connectivity index (χ2v) is 7.14. The fourth-order valence-corrected chi connectivity index (χ4v) is 2.94. The quantitative estimate of drug-likeness (QED) is 0.668. The van der Waals surface area contributed by atoms with Gasteiger partial charge in [0, 0.05) is 24.5 Å². The molecule has 0 saturated carbocycles. The van der Waals surface area contributed by atoms with E-state index < -0.39 is 0 Å². The summed E-state index contributed by atoms with van der Waals surface area (Å²) in [5.74, 6) is -0.273. The maximum absolute atomic E-state index is 12.0. The van der Waals surface area contributed by atoms with Crippen molar-refractivity contribution in [3.63, 3.8) is 0 Å². The maximum atomic E-state index is 12.0. The van der Waals surface area contributed by atoms with Gasteiger partial charge in [0.25, 0.3) is 0 Å². The number of likely N-dealkylation sites (N-methyl/N-ethyl adjacent to an activating group) is 1. The Hall–Kier alpha value is -2.75. The molecule has 9 nitrogen and oxygen atoms in total. The number of rotatable bonds is 7. The van der Waals surface area contributed by atoms with E-state index in [1.807, 2.05) is 24.3 Å². The number of halogens is 1. The minimum atomic E-state index is -0.325. The van der Waals surface area contributed by atoms with Crippen molar-refractivity contribution in [1.29, 1.82) is 0 Å². The topological polar surface area (TPSA) is 100 Å². The van der Waals surface area contributed by atoms with Gasteiger partial charge in [-0.3, -0.25) is 19.8 Å². The Morgan fingerprint density at radius 1 is 1.26 bits per heavy atom. The van der Waals surface area contributed by atoms with Crippen LogP contribution in [0.5, 0.6) is 0 Å². The van der Waals surface area contributed by atoms with Gasteiger partial charge in [-0.05, 0) is 24.1 Å². The minimum absolute atomic E-state index is 0.0880. The number of carbonyl (C=O) groups is 3. The summed E-state index contributed by atoms with van der Waals surface area (Å²) < 4.78 is 2.64. The first-order chi connectivity index (χ1) is 12.9. The lowest BCUT2D eigenvalue weighted by Crippen LogP contribution is -2.32. The van der Waals surface area contributed by atoms with E-state index in [1.165, 1.54) is 9.80 Å². The van der Waals surface area contributed by atoms with Crippen molar-refractivity contribution >= 4 is 39.7 Å². The summed E-state index contributed by atoms with van der Waals surface area (Å²) in [5, 5.41) is 6.85. The van der Waals surface area contributed by atoms with Gasteiger partial charge in [-0.2, -0.15) is 0 Å². The number of nitrogens with one attached hydrogen (secondary N) is 1. The van der Waals surface area contributed by atoms with E-state index in [2.05, 4.69) is 31.3 Å². The monoisotopic (exact) mass is 434 g/mol. The first-order valence-electron chi connectivity index (χ1n) is 8.41. The Labute approximate surface area is 164 Å². The molecule has 3 rings (SSSR count). The first kappa shape index (κ1) is 19.0. The van der Waals surface area contributed by atoms with Crippen LogP contribution >= 0.6 is 15.9 Å². The van der Waals surface area contributed by atoms with E-state index in [0.29, 0.717) is 13.0 Å². The normalized spacial score (nSPS) is 14.1. The number of imide groups is 1. The molecule has 142 valence electrons. The smallest absolute Gasteiger partial charge is 0.318 e. The third kappa shape index (κ3) is 4.91. The molecule has 2 heterocycles. The molecule has 1 N–H and O–H groups in total. The Balaban J connectivity index is 1.44. The zero-order chi connectivity index (χ0) is 19.4. The van der Waals surface area contributed by atoms with Crippen LogP contribution in [0.4, 0.5) is 10.7 Å². The molecule has 27 heavy (non-hydrogen) atoms. The summed E-state index contributed by atoms with van der Waals surface area (Å²) in [6.45, 7) is 0.856. The molecule has 1 saturated heterocycles. The zero-order valence-electron chi connectivity index (χ0n) is 14.8. The molecular formula is C17H19BrN6O3. The highest BCUT2D eigenvalue weighted by molar-refractivity contribution is 9.10. The molecule has 4 amide bonds. The lowest BCUT2D eigenvalue weighted by molar-refractivity contribution is -0.125. The maximum Gasteiger partial charge on any atom is 0.326 e. The van der Waals surface area contributed by atoms with Crippen LogP contribution in [0.3, 0.4) is 0 Å². The number of carbonyl (C=O) groups excluding carboxylic acids is 3. The Bertz CT molecular complexity index is 851. The zero-order valence-corrected chi connectivity index (χ0v) is 16.3. The number of amides is 4. The van der Waals surface area contributed by atoms with E-state index in [-0.39, 0.29) is 43.3 Å². The highest BCUT2D eigenvalue weighted by Crippen LogP contribution is 2.12. The van der Waals surface area contributed by atoms with Crippen LogP contribution in [-0.2, 0) is 16.1 Å². The van der Waals surface area contributed by atoms with Gasteiger partial charge in [0.1, 0.15) is 12.9 Å². The predicted molar refractivity (Wildman–Crippen MR) is 101 cm³/mol. The fraction of sp³-hybridized carbons (Fsp3) is 0.353. The fourth-order valence-electron chi connectivity index (χ4n) is 2.68. The van der Waals surface area contributed by atoms with E-state index in [1.54, 1.807) is 18.1 Å². The van der Waals surface area contributed by atoms with Crippen molar-refractivity contribution in [2.45, 2.75) is 19.4 Å². The summed E-state index contributed by atoms with van der Waals surface area (Å²) >= 11 is 3.39. The molecule has 0 atom stereocenters. The van der Waals surface area contributed by atoms with E-state index in [9.17, 15) is 14.4 Å². The number of aromatic nitrogens is 3. The molecular weight excluding hydrogens is 416 g/mol. The lowest BCUT2D eigenvalue weighted by Gasteiger charge is -2.13. The molecule has 0 unspecified atom stereocenters. The van der Waals surface area contributed by atoms with Gasteiger partial charge in [0.15, 0.2) is 0 Å². The number of nitrogens with zero attached hydrogens (tertiary/aromatic N) is 5. The second kappa shape index (κ2) is 8.30. The minimum Gasteiger partial charge on any atom is -0.318 e. The van der Waals surface area contributed by atoms with Gasteiger partial charge in [0.05, 0.1) is 6.54 Å². The number of benzene rings is 1. The molecule has 1 aromatic heterocycles. The molecule has 1 aromatic carbocycles. The van der Waals surface area contributed by atoms with Crippen molar-refractivity contribution in [3.05, 3.63) is 40.6 Å². The molecule has 1 aliphatic rings.